The highest BCUT2D eigenvalue weighted by molar-refractivity contribution is 5.32. The second-order valence-corrected chi connectivity index (χ2v) is 4.98. The molecule has 1 saturated heterocycles. The molecule has 1 heterocycles. The van der Waals surface area contributed by atoms with E-state index in [0.717, 1.165) is 17.9 Å². The Balaban J connectivity index is 2.30. The van der Waals surface area contributed by atoms with Crippen molar-refractivity contribution < 1.29 is 9.47 Å². The summed E-state index contributed by atoms with van der Waals surface area (Å²) in [6.45, 7) is 7.08. The van der Waals surface area contributed by atoms with Crippen LogP contribution in [0.4, 0.5) is 0 Å². The summed E-state index contributed by atoms with van der Waals surface area (Å²) in [5, 5.41) is 3.41. The second-order valence-electron chi connectivity index (χ2n) is 4.98. The van der Waals surface area contributed by atoms with E-state index < -0.39 is 5.72 Å². The molecule has 0 amide bonds. The molecule has 16 heavy (non-hydrogen) atoms. The Morgan fingerprint density at radius 3 is 2.62 bits per heavy atom. The number of nitrogens with one attached hydrogen (secondary N) is 1. The number of hydrogen-bond acceptors (Lipinski definition) is 3. The van der Waals surface area contributed by atoms with Crippen LogP contribution in [0.5, 0.6) is 5.75 Å². The van der Waals surface area contributed by atoms with Gasteiger partial charge in [-0.3, -0.25) is 5.32 Å². The van der Waals surface area contributed by atoms with Crippen molar-refractivity contribution in [3.63, 3.8) is 0 Å². The van der Waals surface area contributed by atoms with Crippen LogP contribution in [0.1, 0.15) is 26.3 Å². The SMILES string of the molecule is COc1cccc(C2(C)NCC(C)(C)O2)c1. The van der Waals surface area contributed by atoms with Gasteiger partial charge in [-0.1, -0.05) is 12.1 Å². The fourth-order valence-electron chi connectivity index (χ4n) is 2.09. The van der Waals surface area contributed by atoms with Gasteiger partial charge in [-0.15, -0.1) is 0 Å². The van der Waals surface area contributed by atoms with Crippen molar-refractivity contribution >= 4 is 0 Å². The fourth-order valence-corrected chi connectivity index (χ4v) is 2.09. The molecule has 0 aliphatic carbocycles. The molecule has 1 aliphatic rings. The molecule has 88 valence electrons. The van der Waals surface area contributed by atoms with E-state index in [1.807, 2.05) is 18.2 Å². The van der Waals surface area contributed by atoms with Gasteiger partial charge in [0.15, 0.2) is 0 Å². The van der Waals surface area contributed by atoms with E-state index in [-0.39, 0.29) is 5.60 Å². The minimum atomic E-state index is -0.419. The first-order valence-electron chi connectivity index (χ1n) is 5.55. The van der Waals surface area contributed by atoms with Crippen molar-refractivity contribution in [2.24, 2.45) is 0 Å². The first-order valence-corrected chi connectivity index (χ1v) is 5.55. The summed E-state index contributed by atoms with van der Waals surface area (Å²) >= 11 is 0. The van der Waals surface area contributed by atoms with Crippen LogP contribution in [0.15, 0.2) is 24.3 Å². The monoisotopic (exact) mass is 221 g/mol. The summed E-state index contributed by atoms with van der Waals surface area (Å²) in [5.41, 5.74) is 0.549. The second kappa shape index (κ2) is 3.75. The van der Waals surface area contributed by atoms with Gasteiger partial charge in [-0.2, -0.15) is 0 Å². The lowest BCUT2D eigenvalue weighted by molar-refractivity contribution is -0.0839. The van der Waals surface area contributed by atoms with Crippen LogP contribution in [0.2, 0.25) is 0 Å². The van der Waals surface area contributed by atoms with Crippen LogP contribution in [-0.2, 0) is 10.5 Å². The van der Waals surface area contributed by atoms with Crippen LogP contribution >= 0.6 is 0 Å². The Hall–Kier alpha value is -1.06. The molecule has 0 saturated carbocycles. The molecule has 3 heteroatoms. The Morgan fingerprint density at radius 1 is 1.31 bits per heavy atom. The van der Waals surface area contributed by atoms with Crippen LogP contribution in [0, 0.1) is 0 Å². The van der Waals surface area contributed by atoms with Crippen molar-refractivity contribution in [3.8, 4) is 5.75 Å². The maximum Gasteiger partial charge on any atom is 0.143 e. The van der Waals surface area contributed by atoms with Crippen LogP contribution in [-0.4, -0.2) is 19.3 Å². The average Bonchev–Trinajstić information content (AvgIpc) is 2.55. The molecule has 0 bridgehead atoms. The third-order valence-corrected chi connectivity index (χ3v) is 2.95. The number of hydrogen-bond donors (Lipinski definition) is 1. The first-order chi connectivity index (χ1) is 7.45. The van der Waals surface area contributed by atoms with E-state index in [2.05, 4.69) is 32.2 Å². The third kappa shape index (κ3) is 2.06. The summed E-state index contributed by atoms with van der Waals surface area (Å²) in [4.78, 5) is 0. The minimum absolute atomic E-state index is 0.127. The Bertz CT molecular complexity index is 389. The maximum absolute atomic E-state index is 6.06. The number of methoxy groups -OCH3 is 1. The van der Waals surface area contributed by atoms with Gasteiger partial charge in [0.25, 0.3) is 0 Å². The van der Waals surface area contributed by atoms with Crippen LogP contribution < -0.4 is 10.1 Å². The lowest BCUT2D eigenvalue weighted by Gasteiger charge is -2.27. The molecule has 1 aromatic carbocycles. The molecule has 3 nitrogen and oxygen atoms in total. The zero-order chi connectivity index (χ0) is 11.8. The fraction of sp³-hybridized carbons (Fsp3) is 0.538. The smallest absolute Gasteiger partial charge is 0.143 e. The summed E-state index contributed by atoms with van der Waals surface area (Å²) in [6, 6.07) is 7.98. The van der Waals surface area contributed by atoms with Gasteiger partial charge in [0.1, 0.15) is 11.5 Å². The van der Waals surface area contributed by atoms with Gasteiger partial charge in [-0.05, 0) is 32.9 Å². The van der Waals surface area contributed by atoms with E-state index in [4.69, 9.17) is 9.47 Å². The maximum atomic E-state index is 6.06. The molecule has 0 aromatic heterocycles. The normalized spacial score (nSPS) is 28.0. The third-order valence-electron chi connectivity index (χ3n) is 2.95. The molecular weight excluding hydrogens is 202 g/mol. The molecule has 0 spiro atoms. The number of ether oxygens (including phenoxy) is 2. The molecular formula is C13H19NO2. The standard InChI is InChI=1S/C13H19NO2/c1-12(2)9-14-13(3,16-12)10-6-5-7-11(8-10)15-4/h5-8,14H,9H2,1-4H3. The van der Waals surface area contributed by atoms with Crippen LogP contribution in [0.25, 0.3) is 0 Å². The van der Waals surface area contributed by atoms with Gasteiger partial charge in [0.05, 0.1) is 12.7 Å². The summed E-state index contributed by atoms with van der Waals surface area (Å²) in [5.74, 6) is 0.855. The summed E-state index contributed by atoms with van der Waals surface area (Å²) < 4.78 is 11.3. The van der Waals surface area contributed by atoms with Crippen molar-refractivity contribution in [2.75, 3.05) is 13.7 Å². The van der Waals surface area contributed by atoms with Crippen molar-refractivity contribution in [3.05, 3.63) is 29.8 Å². The average molecular weight is 221 g/mol. The Labute approximate surface area is 96.8 Å². The predicted octanol–water partition coefficient (Wildman–Crippen LogP) is 2.27. The highest BCUT2D eigenvalue weighted by Crippen LogP contribution is 2.34. The van der Waals surface area contributed by atoms with Gasteiger partial charge in [0, 0.05) is 12.1 Å². The minimum Gasteiger partial charge on any atom is -0.497 e. The molecule has 2 rings (SSSR count). The Morgan fingerprint density at radius 2 is 2.06 bits per heavy atom. The largest absolute Gasteiger partial charge is 0.497 e. The van der Waals surface area contributed by atoms with E-state index in [0.29, 0.717) is 0 Å². The summed E-state index contributed by atoms with van der Waals surface area (Å²) in [7, 11) is 1.67. The zero-order valence-electron chi connectivity index (χ0n) is 10.3. The lowest BCUT2D eigenvalue weighted by atomic mass is 10.1. The predicted molar refractivity (Wildman–Crippen MR) is 63.5 cm³/mol. The molecule has 1 fully saturated rings. The molecule has 1 aromatic rings. The molecule has 1 unspecified atom stereocenters. The summed E-state index contributed by atoms with van der Waals surface area (Å²) in [6.07, 6.45) is 0. The van der Waals surface area contributed by atoms with Gasteiger partial charge >= 0.3 is 0 Å². The topological polar surface area (TPSA) is 30.5 Å². The van der Waals surface area contributed by atoms with E-state index >= 15 is 0 Å². The molecule has 1 atom stereocenters. The zero-order valence-corrected chi connectivity index (χ0v) is 10.3. The van der Waals surface area contributed by atoms with E-state index in [9.17, 15) is 0 Å². The van der Waals surface area contributed by atoms with Crippen molar-refractivity contribution in [1.29, 1.82) is 0 Å². The van der Waals surface area contributed by atoms with E-state index in [1.54, 1.807) is 7.11 Å². The van der Waals surface area contributed by atoms with E-state index in [1.165, 1.54) is 0 Å². The van der Waals surface area contributed by atoms with Crippen LogP contribution in [0.3, 0.4) is 0 Å². The molecule has 1 N–H and O–H groups in total. The molecule has 0 radical (unpaired) electrons. The number of rotatable bonds is 2. The van der Waals surface area contributed by atoms with Gasteiger partial charge in [0.2, 0.25) is 0 Å². The first kappa shape index (κ1) is 11.4. The highest BCUT2D eigenvalue weighted by atomic mass is 16.5. The van der Waals surface area contributed by atoms with Gasteiger partial charge < -0.3 is 9.47 Å². The number of benzene rings is 1. The quantitative estimate of drug-likeness (QED) is 0.831. The van der Waals surface area contributed by atoms with Crippen molar-refractivity contribution in [2.45, 2.75) is 32.1 Å². The Kier molecular flexibility index (Phi) is 2.68. The van der Waals surface area contributed by atoms with Gasteiger partial charge in [-0.25, -0.2) is 0 Å². The lowest BCUT2D eigenvalue weighted by Crippen LogP contribution is -2.34. The van der Waals surface area contributed by atoms with Crippen molar-refractivity contribution in [1.82, 2.24) is 5.32 Å². The highest BCUT2D eigenvalue weighted by Gasteiger charge is 2.41. The molecule has 1 aliphatic heterocycles.